The molecule has 0 bridgehead atoms. The van der Waals surface area contributed by atoms with Crippen LogP contribution in [0.1, 0.15) is 72.4 Å². The first kappa shape index (κ1) is 24.4. The predicted molar refractivity (Wildman–Crippen MR) is 141 cm³/mol. The number of benzene rings is 2. The van der Waals surface area contributed by atoms with Crippen molar-refractivity contribution in [1.82, 2.24) is 14.3 Å². The lowest BCUT2D eigenvalue weighted by Gasteiger charge is -2.39. The standard InChI is InChI=1S/C28H36N4OS/c1-4-5-6-7-8-23-13-15-25(16-14-23)27(33)32-18-17-31(20-22(32)3)28-29-26(30-34-28)19-24-11-9-21(2)10-12-24/h9-16,22H,4-8,17-20H2,1-3H3. The highest BCUT2D eigenvalue weighted by molar-refractivity contribution is 7.09. The molecule has 1 saturated heterocycles. The second kappa shape index (κ2) is 11.6. The van der Waals surface area contributed by atoms with E-state index in [0.717, 1.165) is 42.5 Å². The van der Waals surface area contributed by atoms with Crippen molar-refractivity contribution in [2.24, 2.45) is 0 Å². The molecule has 1 fully saturated rings. The summed E-state index contributed by atoms with van der Waals surface area (Å²) in [5.41, 5.74) is 4.60. The molecule has 1 atom stereocenters. The lowest BCUT2D eigenvalue weighted by atomic mass is 10.0. The van der Waals surface area contributed by atoms with Gasteiger partial charge in [-0.1, -0.05) is 68.1 Å². The normalized spacial score (nSPS) is 16.1. The summed E-state index contributed by atoms with van der Waals surface area (Å²) in [5.74, 6) is 0.992. The summed E-state index contributed by atoms with van der Waals surface area (Å²) in [6, 6.07) is 16.9. The summed E-state index contributed by atoms with van der Waals surface area (Å²) in [6.07, 6.45) is 6.90. The number of piperazine rings is 1. The Kier molecular flexibility index (Phi) is 8.33. The molecule has 2 aromatic carbocycles. The smallest absolute Gasteiger partial charge is 0.254 e. The molecule has 1 aliphatic rings. The number of carbonyl (C=O) groups is 1. The van der Waals surface area contributed by atoms with E-state index >= 15 is 0 Å². The molecule has 0 radical (unpaired) electrons. The second-order valence-corrected chi connectivity index (χ2v) is 10.2. The molecule has 4 rings (SSSR count). The number of hydrogen-bond donors (Lipinski definition) is 0. The molecule has 180 valence electrons. The zero-order valence-electron chi connectivity index (χ0n) is 20.7. The fourth-order valence-corrected chi connectivity index (χ4v) is 5.22. The van der Waals surface area contributed by atoms with Gasteiger partial charge in [-0.05, 0) is 49.9 Å². The maximum absolute atomic E-state index is 13.2. The van der Waals surface area contributed by atoms with Crippen molar-refractivity contribution in [2.75, 3.05) is 24.5 Å². The highest BCUT2D eigenvalue weighted by Crippen LogP contribution is 2.24. The van der Waals surface area contributed by atoms with Crippen molar-refractivity contribution in [2.45, 2.75) is 65.3 Å². The summed E-state index contributed by atoms with van der Waals surface area (Å²) < 4.78 is 4.58. The van der Waals surface area contributed by atoms with Crippen molar-refractivity contribution < 1.29 is 4.79 Å². The van der Waals surface area contributed by atoms with Crippen LogP contribution in [0.15, 0.2) is 48.5 Å². The van der Waals surface area contributed by atoms with E-state index in [0.29, 0.717) is 6.54 Å². The number of carbonyl (C=O) groups excluding carboxylic acids is 1. The highest BCUT2D eigenvalue weighted by atomic mass is 32.1. The van der Waals surface area contributed by atoms with Gasteiger partial charge >= 0.3 is 0 Å². The molecule has 34 heavy (non-hydrogen) atoms. The van der Waals surface area contributed by atoms with Crippen LogP contribution in [0.3, 0.4) is 0 Å². The number of unbranched alkanes of at least 4 members (excludes halogenated alkanes) is 3. The highest BCUT2D eigenvalue weighted by Gasteiger charge is 2.29. The largest absolute Gasteiger partial charge is 0.343 e. The van der Waals surface area contributed by atoms with E-state index in [2.05, 4.69) is 66.4 Å². The molecule has 0 saturated carbocycles. The first-order valence-corrected chi connectivity index (χ1v) is 13.3. The van der Waals surface area contributed by atoms with Gasteiger partial charge in [0.05, 0.1) is 0 Å². The molecule has 0 N–H and O–H groups in total. The monoisotopic (exact) mass is 476 g/mol. The summed E-state index contributed by atoms with van der Waals surface area (Å²) in [4.78, 5) is 22.2. The van der Waals surface area contributed by atoms with Crippen molar-refractivity contribution in [3.8, 4) is 0 Å². The van der Waals surface area contributed by atoms with E-state index in [1.54, 1.807) is 0 Å². The van der Waals surface area contributed by atoms with Crippen LogP contribution in [-0.4, -0.2) is 45.8 Å². The Balaban J connectivity index is 1.31. The van der Waals surface area contributed by atoms with Crippen LogP contribution in [0.25, 0.3) is 0 Å². The van der Waals surface area contributed by atoms with Crippen molar-refractivity contribution in [1.29, 1.82) is 0 Å². The van der Waals surface area contributed by atoms with E-state index in [-0.39, 0.29) is 11.9 Å². The minimum absolute atomic E-state index is 0.124. The lowest BCUT2D eigenvalue weighted by molar-refractivity contribution is 0.0674. The topological polar surface area (TPSA) is 49.3 Å². The molecule has 1 aromatic heterocycles. The van der Waals surface area contributed by atoms with Crippen LogP contribution in [0, 0.1) is 6.92 Å². The average molecular weight is 477 g/mol. The number of aryl methyl sites for hydroxylation is 2. The first-order chi connectivity index (χ1) is 16.5. The fourth-order valence-electron chi connectivity index (χ4n) is 4.50. The van der Waals surface area contributed by atoms with Crippen molar-refractivity contribution in [3.63, 3.8) is 0 Å². The van der Waals surface area contributed by atoms with Gasteiger partial charge in [-0.3, -0.25) is 4.79 Å². The third kappa shape index (κ3) is 6.23. The van der Waals surface area contributed by atoms with Gasteiger partial charge in [0.2, 0.25) is 5.13 Å². The summed E-state index contributed by atoms with van der Waals surface area (Å²) in [5, 5.41) is 0.952. The Morgan fingerprint density at radius 2 is 1.74 bits per heavy atom. The Morgan fingerprint density at radius 3 is 2.44 bits per heavy atom. The molecule has 6 heteroatoms. The summed E-state index contributed by atoms with van der Waals surface area (Å²) in [6.45, 7) is 8.72. The number of anilines is 1. The first-order valence-electron chi connectivity index (χ1n) is 12.6. The van der Waals surface area contributed by atoms with E-state index in [9.17, 15) is 4.79 Å². The lowest BCUT2D eigenvalue weighted by Crippen LogP contribution is -2.54. The van der Waals surface area contributed by atoms with Crippen LogP contribution < -0.4 is 4.90 Å². The Hall–Kier alpha value is -2.73. The average Bonchev–Trinajstić information content (AvgIpc) is 3.32. The summed E-state index contributed by atoms with van der Waals surface area (Å²) in [7, 11) is 0. The minimum atomic E-state index is 0.124. The van der Waals surface area contributed by atoms with Crippen LogP contribution in [0.4, 0.5) is 5.13 Å². The molecule has 0 aliphatic carbocycles. The van der Waals surface area contributed by atoms with Crippen LogP contribution in [-0.2, 0) is 12.8 Å². The molecule has 5 nitrogen and oxygen atoms in total. The van der Waals surface area contributed by atoms with Gasteiger partial charge in [-0.25, -0.2) is 4.98 Å². The minimum Gasteiger partial charge on any atom is -0.343 e. The third-order valence-electron chi connectivity index (χ3n) is 6.62. The van der Waals surface area contributed by atoms with E-state index in [4.69, 9.17) is 4.98 Å². The predicted octanol–water partition coefficient (Wildman–Crippen LogP) is 5.91. The molecule has 1 amide bonds. The number of aromatic nitrogens is 2. The van der Waals surface area contributed by atoms with Gasteiger partial charge in [0.15, 0.2) is 0 Å². The van der Waals surface area contributed by atoms with Crippen molar-refractivity contribution in [3.05, 3.63) is 76.6 Å². The summed E-state index contributed by atoms with van der Waals surface area (Å²) >= 11 is 1.46. The maximum Gasteiger partial charge on any atom is 0.254 e. The Morgan fingerprint density at radius 1 is 1.00 bits per heavy atom. The third-order valence-corrected chi connectivity index (χ3v) is 7.43. The zero-order valence-corrected chi connectivity index (χ0v) is 21.5. The van der Waals surface area contributed by atoms with Crippen LogP contribution in [0.2, 0.25) is 0 Å². The molecular weight excluding hydrogens is 440 g/mol. The van der Waals surface area contributed by atoms with Crippen LogP contribution >= 0.6 is 11.5 Å². The van der Waals surface area contributed by atoms with Gasteiger partial charge in [-0.15, -0.1) is 0 Å². The Bertz CT molecular complexity index is 1060. The van der Waals surface area contributed by atoms with Gasteiger partial charge in [0.1, 0.15) is 5.82 Å². The number of rotatable bonds is 9. The maximum atomic E-state index is 13.2. The Labute approximate surface area is 208 Å². The van der Waals surface area contributed by atoms with E-state index < -0.39 is 0 Å². The fraction of sp³-hybridized carbons (Fsp3) is 0.464. The van der Waals surface area contributed by atoms with Crippen molar-refractivity contribution >= 4 is 22.6 Å². The number of hydrogen-bond acceptors (Lipinski definition) is 5. The van der Waals surface area contributed by atoms with Gasteiger partial charge < -0.3 is 9.80 Å². The quantitative estimate of drug-likeness (QED) is 0.360. The zero-order chi connectivity index (χ0) is 23.9. The van der Waals surface area contributed by atoms with E-state index in [1.165, 1.54) is 53.9 Å². The number of nitrogens with zero attached hydrogens (tertiary/aromatic N) is 4. The number of amides is 1. The molecule has 1 unspecified atom stereocenters. The van der Waals surface area contributed by atoms with Gasteiger partial charge in [0.25, 0.3) is 5.91 Å². The molecule has 2 heterocycles. The molecule has 1 aliphatic heterocycles. The van der Waals surface area contributed by atoms with Gasteiger partial charge in [0, 0.05) is 49.2 Å². The van der Waals surface area contributed by atoms with Gasteiger partial charge in [-0.2, -0.15) is 4.37 Å². The molecule has 0 spiro atoms. The van der Waals surface area contributed by atoms with Crippen LogP contribution in [0.5, 0.6) is 0 Å². The molecular formula is C28H36N4OS. The molecule has 3 aromatic rings. The van der Waals surface area contributed by atoms with E-state index in [1.807, 2.05) is 17.0 Å². The SMILES string of the molecule is CCCCCCc1ccc(C(=O)N2CCN(c3nc(Cc4ccc(C)cc4)ns3)CC2C)cc1. The second-order valence-electron chi connectivity index (χ2n) is 9.46.